The fraction of sp³-hybridized carbons (Fsp3) is 0. The van der Waals surface area contributed by atoms with Crippen molar-refractivity contribution in [1.29, 1.82) is 0 Å². The summed E-state index contributed by atoms with van der Waals surface area (Å²) in [5, 5.41) is 6.60. The van der Waals surface area contributed by atoms with Crippen LogP contribution in [0.25, 0.3) is 88.0 Å². The second kappa shape index (κ2) is 15.8. The Hall–Kier alpha value is -9.06. The number of para-hydroxylation sites is 5. The van der Waals surface area contributed by atoms with E-state index in [1.54, 1.807) is 0 Å². The molecule has 322 valence electrons. The van der Waals surface area contributed by atoms with Gasteiger partial charge in [0.2, 0.25) is 6.71 Å². The van der Waals surface area contributed by atoms with Crippen molar-refractivity contribution in [3.8, 4) is 44.9 Å². The molecule has 0 saturated carbocycles. The highest BCUT2D eigenvalue weighted by Gasteiger charge is 2.33. The largest absolute Gasteiger partial charge is 0.457 e. The molecule has 1 aliphatic rings. The highest BCUT2D eigenvalue weighted by Crippen LogP contribution is 2.51. The second-order valence-corrected chi connectivity index (χ2v) is 17.8. The van der Waals surface area contributed by atoms with E-state index in [4.69, 9.17) is 13.6 Å². The van der Waals surface area contributed by atoms with Gasteiger partial charge in [0.05, 0.1) is 17.1 Å². The number of hydrogen-bond acceptors (Lipinski definition) is 4. The van der Waals surface area contributed by atoms with E-state index in [1.165, 1.54) is 22.1 Å². The third kappa shape index (κ3) is 6.25. The van der Waals surface area contributed by atoms with Crippen molar-refractivity contribution < 1.29 is 13.6 Å². The van der Waals surface area contributed by atoms with E-state index in [-0.39, 0.29) is 6.71 Å². The highest BCUT2D eigenvalue weighted by molar-refractivity contribution is 6.99. The van der Waals surface area contributed by atoms with Gasteiger partial charge >= 0.3 is 0 Å². The van der Waals surface area contributed by atoms with Crippen molar-refractivity contribution in [3.05, 3.63) is 243 Å². The molecule has 0 unspecified atom stereocenters. The summed E-state index contributed by atoms with van der Waals surface area (Å²) < 4.78 is 20.7. The predicted octanol–water partition coefficient (Wildman–Crippen LogP) is 15.7. The van der Waals surface area contributed by atoms with Gasteiger partial charge in [0.15, 0.2) is 5.58 Å². The Morgan fingerprint density at radius 1 is 0.319 bits per heavy atom. The van der Waals surface area contributed by atoms with Crippen LogP contribution in [0.15, 0.2) is 251 Å². The molecule has 0 fully saturated rings. The second-order valence-electron chi connectivity index (χ2n) is 17.8. The molecular formula is C64H40BNO3. The summed E-state index contributed by atoms with van der Waals surface area (Å²) in [5.41, 5.74) is 16.6. The molecule has 0 aliphatic carbocycles. The Balaban J connectivity index is 0.967. The monoisotopic (exact) mass is 881 g/mol. The van der Waals surface area contributed by atoms with Crippen LogP contribution in [0.5, 0.6) is 11.5 Å². The first-order chi connectivity index (χ1) is 34.2. The average molecular weight is 882 g/mol. The van der Waals surface area contributed by atoms with Gasteiger partial charge < -0.3 is 18.5 Å². The van der Waals surface area contributed by atoms with Crippen molar-refractivity contribution in [3.63, 3.8) is 0 Å². The van der Waals surface area contributed by atoms with Crippen LogP contribution >= 0.6 is 0 Å². The van der Waals surface area contributed by atoms with E-state index in [1.807, 2.05) is 18.2 Å². The molecule has 5 heteroatoms. The van der Waals surface area contributed by atoms with Gasteiger partial charge in [0.25, 0.3) is 0 Å². The Kier molecular flexibility index (Phi) is 8.96. The molecule has 3 heterocycles. The average Bonchev–Trinajstić information content (AvgIpc) is 4.00. The standard InChI is InChI=1S/C64H40BNO3/c1-3-18-41(19-4-1)44-22-7-11-29-53(44)65(55-30-15-26-50-46-24-9-13-33-58(46)68-63(50)55)54-39-38-49-48-37-36-43(40-61(48)67-60-35-17-28-52(54)62(49)60)66(56-31-12-8-23-45(56)42-20-5-2-6-21-42)57-32-16-27-51-47-25-10-14-34-59(47)69-64(51)57/h1-40H. The maximum absolute atomic E-state index is 7.14. The van der Waals surface area contributed by atoms with Crippen LogP contribution in [-0.2, 0) is 0 Å². The number of anilines is 3. The first-order valence-electron chi connectivity index (χ1n) is 23.5. The van der Waals surface area contributed by atoms with Gasteiger partial charge in [0.1, 0.15) is 28.2 Å². The lowest BCUT2D eigenvalue weighted by Gasteiger charge is -2.30. The maximum atomic E-state index is 7.14. The summed E-state index contributed by atoms with van der Waals surface area (Å²) in [7, 11) is 0. The third-order valence-corrected chi connectivity index (χ3v) is 14.0. The van der Waals surface area contributed by atoms with E-state index < -0.39 is 0 Å². The number of fused-ring (bicyclic) bond motifs is 8. The van der Waals surface area contributed by atoms with E-state index in [0.29, 0.717) is 0 Å². The van der Waals surface area contributed by atoms with Crippen molar-refractivity contribution in [2.24, 2.45) is 0 Å². The number of ether oxygens (including phenoxy) is 1. The van der Waals surface area contributed by atoms with E-state index in [2.05, 4.69) is 229 Å². The molecule has 2 aromatic heterocycles. The molecule has 69 heavy (non-hydrogen) atoms. The van der Waals surface area contributed by atoms with E-state index in [0.717, 1.165) is 111 Å². The zero-order valence-electron chi connectivity index (χ0n) is 37.3. The summed E-state index contributed by atoms with van der Waals surface area (Å²) in [5.74, 6) is 1.61. The minimum atomic E-state index is -0.182. The number of nitrogens with zero attached hydrogens (tertiary/aromatic N) is 1. The van der Waals surface area contributed by atoms with Crippen molar-refractivity contribution in [1.82, 2.24) is 0 Å². The SMILES string of the molecule is c1ccc(-c2ccccc2B(c2ccc3c4c(cccc24)Oc2cc(N(c4ccccc4-c4ccccc4)c4cccc5c4oc4ccccc45)ccc2-3)c2cccc3c2oc2ccccc23)cc1. The fourth-order valence-electron chi connectivity index (χ4n) is 11.0. The minimum Gasteiger partial charge on any atom is -0.457 e. The highest BCUT2D eigenvalue weighted by atomic mass is 16.5. The van der Waals surface area contributed by atoms with Gasteiger partial charge in [-0.2, -0.15) is 0 Å². The lowest BCUT2D eigenvalue weighted by atomic mass is 9.35. The topological polar surface area (TPSA) is 38.8 Å². The molecule has 0 radical (unpaired) electrons. The van der Waals surface area contributed by atoms with Crippen LogP contribution in [0.3, 0.4) is 0 Å². The number of hydrogen-bond donors (Lipinski definition) is 0. The quantitative estimate of drug-likeness (QED) is 0.143. The van der Waals surface area contributed by atoms with Gasteiger partial charge in [0, 0.05) is 44.1 Å². The van der Waals surface area contributed by atoms with Crippen LogP contribution in [0, 0.1) is 0 Å². The first kappa shape index (κ1) is 39.1. The summed E-state index contributed by atoms with van der Waals surface area (Å²) in [4.78, 5) is 2.32. The number of benzene rings is 11. The zero-order valence-corrected chi connectivity index (χ0v) is 37.3. The Labute approximate surface area is 399 Å². The summed E-state index contributed by atoms with van der Waals surface area (Å²) in [6.07, 6.45) is 0. The number of rotatable bonds is 8. The molecule has 0 amide bonds. The molecule has 11 aromatic carbocycles. The van der Waals surface area contributed by atoms with Crippen LogP contribution in [0.1, 0.15) is 0 Å². The summed E-state index contributed by atoms with van der Waals surface area (Å²) in [6, 6.07) is 86.1. The lowest BCUT2D eigenvalue weighted by Crippen LogP contribution is -2.53. The van der Waals surface area contributed by atoms with Crippen LogP contribution in [0.4, 0.5) is 17.1 Å². The summed E-state index contributed by atoms with van der Waals surface area (Å²) in [6.45, 7) is -0.182. The van der Waals surface area contributed by atoms with Crippen LogP contribution in [-0.4, -0.2) is 6.71 Å². The Bertz CT molecular complexity index is 4140. The van der Waals surface area contributed by atoms with Crippen LogP contribution < -0.4 is 26.0 Å². The predicted molar refractivity (Wildman–Crippen MR) is 287 cm³/mol. The van der Waals surface area contributed by atoms with Crippen molar-refractivity contribution in [2.45, 2.75) is 0 Å². The van der Waals surface area contributed by atoms with Gasteiger partial charge in [-0.05, 0) is 75.6 Å². The molecule has 0 atom stereocenters. The smallest absolute Gasteiger partial charge is 0.247 e. The van der Waals surface area contributed by atoms with Gasteiger partial charge in [-0.3, -0.25) is 0 Å². The maximum Gasteiger partial charge on any atom is 0.247 e. The molecule has 0 saturated heterocycles. The minimum absolute atomic E-state index is 0.182. The van der Waals surface area contributed by atoms with Gasteiger partial charge in [-0.15, -0.1) is 0 Å². The van der Waals surface area contributed by atoms with Crippen LogP contribution in [0.2, 0.25) is 0 Å². The third-order valence-electron chi connectivity index (χ3n) is 14.0. The molecule has 14 rings (SSSR count). The molecule has 0 bridgehead atoms. The first-order valence-corrected chi connectivity index (χ1v) is 23.5. The van der Waals surface area contributed by atoms with E-state index >= 15 is 0 Å². The molecule has 1 aliphatic heterocycles. The van der Waals surface area contributed by atoms with Gasteiger partial charge in [-0.25, -0.2) is 0 Å². The molecule has 4 nitrogen and oxygen atoms in total. The summed E-state index contributed by atoms with van der Waals surface area (Å²) >= 11 is 0. The molecular weight excluding hydrogens is 842 g/mol. The zero-order chi connectivity index (χ0) is 45.4. The molecule has 0 spiro atoms. The molecule has 13 aromatic rings. The lowest BCUT2D eigenvalue weighted by molar-refractivity contribution is 0.487. The number of furan rings is 2. The van der Waals surface area contributed by atoms with Crippen molar-refractivity contribution in [2.75, 3.05) is 4.90 Å². The Morgan fingerprint density at radius 2 is 0.870 bits per heavy atom. The normalized spacial score (nSPS) is 11.9. The van der Waals surface area contributed by atoms with E-state index in [9.17, 15) is 0 Å². The fourth-order valence-corrected chi connectivity index (χ4v) is 11.0. The van der Waals surface area contributed by atoms with Gasteiger partial charge in [-0.1, -0.05) is 205 Å². The van der Waals surface area contributed by atoms with Crippen molar-refractivity contribution >= 4 is 94.8 Å². The Morgan fingerprint density at radius 3 is 1.65 bits per heavy atom. The molecule has 0 N–H and O–H groups in total.